The quantitative estimate of drug-likeness (QED) is 0.902. The van der Waals surface area contributed by atoms with E-state index < -0.39 is 0 Å². The van der Waals surface area contributed by atoms with Gasteiger partial charge in [-0.25, -0.2) is 9.48 Å². The third-order valence-corrected chi connectivity index (χ3v) is 4.34. The molecule has 3 N–H and O–H groups in total. The minimum Gasteiger partial charge on any atom is -0.369 e. The van der Waals surface area contributed by atoms with Crippen LogP contribution in [0.2, 0.25) is 0 Å². The minimum absolute atomic E-state index is 0.207. The summed E-state index contributed by atoms with van der Waals surface area (Å²) in [5.74, 6) is -0.606. The zero-order valence-corrected chi connectivity index (χ0v) is 13.6. The highest BCUT2D eigenvalue weighted by atomic mass is 16.2. The van der Waals surface area contributed by atoms with Crippen molar-refractivity contribution in [2.75, 3.05) is 18.4 Å². The molecule has 0 bridgehead atoms. The van der Waals surface area contributed by atoms with Gasteiger partial charge in [0.25, 0.3) is 0 Å². The van der Waals surface area contributed by atoms with Crippen LogP contribution in [-0.2, 0) is 4.79 Å². The normalized spacial score (nSPS) is 17.5. The fraction of sp³-hybridized carbons (Fsp3) is 0.353. The molecule has 1 fully saturated rings. The van der Waals surface area contributed by atoms with Gasteiger partial charge in [0.2, 0.25) is 5.91 Å². The number of nitrogens with zero attached hydrogens (tertiary/aromatic N) is 3. The molecule has 1 atom stereocenters. The van der Waals surface area contributed by atoms with Crippen LogP contribution < -0.4 is 11.1 Å². The Morgan fingerprint density at radius 2 is 2.21 bits per heavy atom. The Morgan fingerprint density at radius 1 is 1.38 bits per heavy atom. The van der Waals surface area contributed by atoms with Crippen molar-refractivity contribution >= 4 is 17.6 Å². The Balaban J connectivity index is 1.74. The van der Waals surface area contributed by atoms with Gasteiger partial charge in [-0.05, 0) is 43.5 Å². The van der Waals surface area contributed by atoms with Crippen molar-refractivity contribution in [1.82, 2.24) is 14.7 Å². The van der Waals surface area contributed by atoms with Gasteiger partial charge >= 0.3 is 6.03 Å². The van der Waals surface area contributed by atoms with Crippen LogP contribution in [0.5, 0.6) is 0 Å². The Hall–Kier alpha value is -2.83. The number of carbonyl (C=O) groups is 2. The number of urea groups is 1. The van der Waals surface area contributed by atoms with Gasteiger partial charge in [0.05, 0.1) is 11.6 Å². The summed E-state index contributed by atoms with van der Waals surface area (Å²) in [5.41, 5.74) is 7.93. The fourth-order valence-electron chi connectivity index (χ4n) is 2.90. The molecule has 0 aliphatic carbocycles. The van der Waals surface area contributed by atoms with Crippen LogP contribution in [0.1, 0.15) is 18.4 Å². The summed E-state index contributed by atoms with van der Waals surface area (Å²) >= 11 is 0. The highest BCUT2D eigenvalue weighted by Crippen LogP contribution is 2.21. The molecule has 1 aliphatic heterocycles. The highest BCUT2D eigenvalue weighted by molar-refractivity contribution is 5.91. The van der Waals surface area contributed by atoms with Crippen LogP contribution in [0, 0.1) is 12.8 Å². The number of anilines is 1. The molecule has 7 nitrogen and oxygen atoms in total. The minimum atomic E-state index is -0.343. The third kappa shape index (κ3) is 3.40. The number of aromatic nitrogens is 2. The predicted octanol–water partition coefficient (Wildman–Crippen LogP) is 1.91. The summed E-state index contributed by atoms with van der Waals surface area (Å²) in [6.07, 6.45) is 5.08. The van der Waals surface area contributed by atoms with E-state index in [0.717, 1.165) is 29.8 Å². The van der Waals surface area contributed by atoms with Crippen LogP contribution in [0.15, 0.2) is 36.7 Å². The van der Waals surface area contributed by atoms with E-state index in [-0.39, 0.29) is 17.9 Å². The second-order valence-corrected chi connectivity index (χ2v) is 6.07. The third-order valence-electron chi connectivity index (χ3n) is 4.34. The lowest BCUT2D eigenvalue weighted by Gasteiger charge is -2.31. The number of hydrogen-bond acceptors (Lipinski definition) is 3. The highest BCUT2D eigenvalue weighted by Gasteiger charge is 2.27. The van der Waals surface area contributed by atoms with E-state index in [1.165, 1.54) is 0 Å². The molecule has 7 heteroatoms. The van der Waals surface area contributed by atoms with Crippen molar-refractivity contribution in [2.45, 2.75) is 19.8 Å². The first kappa shape index (κ1) is 16.0. The lowest BCUT2D eigenvalue weighted by atomic mass is 9.98. The first-order valence-corrected chi connectivity index (χ1v) is 8.00. The molecule has 0 saturated carbocycles. The number of aryl methyl sites for hydroxylation is 1. The average Bonchev–Trinajstić information content (AvgIpc) is 3.11. The maximum atomic E-state index is 12.5. The topological polar surface area (TPSA) is 93.2 Å². The molecular formula is C17H21N5O2. The molecule has 3 amide bonds. The number of piperidine rings is 1. The molecule has 1 aromatic carbocycles. The summed E-state index contributed by atoms with van der Waals surface area (Å²) < 4.78 is 1.74. The van der Waals surface area contributed by atoms with Crippen LogP contribution >= 0.6 is 0 Å². The van der Waals surface area contributed by atoms with Gasteiger partial charge in [-0.3, -0.25) is 4.79 Å². The predicted molar refractivity (Wildman–Crippen MR) is 90.8 cm³/mol. The van der Waals surface area contributed by atoms with Gasteiger partial charge in [-0.2, -0.15) is 5.10 Å². The molecule has 1 unspecified atom stereocenters. The van der Waals surface area contributed by atoms with Crippen LogP contribution in [0.4, 0.5) is 10.5 Å². The second-order valence-electron chi connectivity index (χ2n) is 6.07. The largest absolute Gasteiger partial charge is 0.369 e. The van der Waals surface area contributed by atoms with Gasteiger partial charge in [0.1, 0.15) is 0 Å². The summed E-state index contributed by atoms with van der Waals surface area (Å²) in [7, 11) is 0. The molecule has 1 saturated heterocycles. The number of nitrogens with two attached hydrogens (primary N) is 1. The van der Waals surface area contributed by atoms with Crippen molar-refractivity contribution in [3.8, 4) is 5.69 Å². The van der Waals surface area contributed by atoms with Crippen molar-refractivity contribution < 1.29 is 9.59 Å². The smallest absolute Gasteiger partial charge is 0.321 e. The van der Waals surface area contributed by atoms with E-state index in [9.17, 15) is 9.59 Å². The van der Waals surface area contributed by atoms with E-state index in [1.54, 1.807) is 15.8 Å². The lowest BCUT2D eigenvalue weighted by Crippen LogP contribution is -2.45. The van der Waals surface area contributed by atoms with Gasteiger partial charge in [0.15, 0.2) is 0 Å². The number of hydrogen-bond donors (Lipinski definition) is 2. The van der Waals surface area contributed by atoms with E-state index in [2.05, 4.69) is 10.4 Å². The Morgan fingerprint density at radius 3 is 2.92 bits per heavy atom. The zero-order chi connectivity index (χ0) is 17.1. The number of amides is 3. The lowest BCUT2D eigenvalue weighted by molar-refractivity contribution is -0.123. The van der Waals surface area contributed by atoms with E-state index in [1.807, 2.05) is 37.4 Å². The van der Waals surface area contributed by atoms with Crippen LogP contribution in [0.3, 0.4) is 0 Å². The van der Waals surface area contributed by atoms with Gasteiger partial charge in [-0.15, -0.1) is 0 Å². The maximum absolute atomic E-state index is 12.5. The van der Waals surface area contributed by atoms with Gasteiger partial charge in [-0.1, -0.05) is 6.07 Å². The Labute approximate surface area is 140 Å². The molecule has 2 aromatic rings. The van der Waals surface area contributed by atoms with Crippen molar-refractivity contribution in [1.29, 1.82) is 0 Å². The molecule has 1 aliphatic rings. The second kappa shape index (κ2) is 6.74. The molecule has 0 radical (unpaired) electrons. The zero-order valence-electron chi connectivity index (χ0n) is 13.6. The van der Waals surface area contributed by atoms with Crippen molar-refractivity contribution in [2.24, 2.45) is 11.7 Å². The summed E-state index contributed by atoms with van der Waals surface area (Å²) in [6.45, 7) is 2.94. The van der Waals surface area contributed by atoms with Crippen molar-refractivity contribution in [3.05, 3.63) is 42.2 Å². The first-order chi connectivity index (χ1) is 11.5. The summed E-state index contributed by atoms with van der Waals surface area (Å²) in [5, 5.41) is 7.13. The molecule has 24 heavy (non-hydrogen) atoms. The molecule has 126 valence electrons. The maximum Gasteiger partial charge on any atom is 0.321 e. The SMILES string of the molecule is Cc1ccc(-n2cccn2)cc1NC(=O)N1CCCC(C(N)=O)C1. The number of carbonyl (C=O) groups excluding carboxylic acids is 2. The van der Waals surface area contributed by atoms with E-state index in [4.69, 9.17) is 5.73 Å². The van der Waals surface area contributed by atoms with Crippen molar-refractivity contribution in [3.63, 3.8) is 0 Å². The Bertz CT molecular complexity index is 741. The molecule has 3 rings (SSSR count). The number of nitrogens with one attached hydrogen (secondary N) is 1. The molecule has 1 aromatic heterocycles. The molecule has 0 spiro atoms. The average molecular weight is 327 g/mol. The number of likely N-dealkylation sites (tertiary alicyclic amines) is 1. The number of rotatable bonds is 3. The molecular weight excluding hydrogens is 306 g/mol. The van der Waals surface area contributed by atoms with E-state index in [0.29, 0.717) is 13.1 Å². The number of primary amides is 1. The van der Waals surface area contributed by atoms with Gasteiger partial charge in [0, 0.05) is 31.2 Å². The standard InChI is InChI=1S/C17H21N5O2/c1-12-5-6-14(22-9-3-7-19-22)10-15(12)20-17(24)21-8-2-4-13(11-21)16(18)23/h3,5-7,9-10,13H,2,4,8,11H2,1H3,(H2,18,23)(H,20,24). The van der Waals surface area contributed by atoms with E-state index >= 15 is 0 Å². The molecule has 2 heterocycles. The van der Waals surface area contributed by atoms with Crippen LogP contribution in [-0.4, -0.2) is 39.7 Å². The number of benzene rings is 1. The fourth-order valence-corrected chi connectivity index (χ4v) is 2.90. The van der Waals surface area contributed by atoms with Crippen LogP contribution in [0.25, 0.3) is 5.69 Å². The monoisotopic (exact) mass is 327 g/mol. The first-order valence-electron chi connectivity index (χ1n) is 8.00. The van der Waals surface area contributed by atoms with Gasteiger partial charge < -0.3 is 16.0 Å². The summed E-state index contributed by atoms with van der Waals surface area (Å²) in [6, 6.07) is 7.41. The summed E-state index contributed by atoms with van der Waals surface area (Å²) in [4.78, 5) is 25.5. The Kier molecular flexibility index (Phi) is 4.50.